The zero-order chi connectivity index (χ0) is 14.6. The molecule has 0 amide bonds. The Hall–Kier alpha value is -1.36. The standard InChI is InChI=1S/C15H20ClN3O/c1-3-19-12(8-9-18-19)10-17-11-15(2,20)13-6-4-5-7-14(13)16/h4-9,17,20H,3,10-11H2,1-2H3/t15-/m1/s1. The van der Waals surface area contributed by atoms with Gasteiger partial charge in [-0.2, -0.15) is 5.10 Å². The minimum absolute atomic E-state index is 0.422. The predicted octanol–water partition coefficient (Wildman–Crippen LogP) is 2.55. The molecule has 1 aromatic heterocycles. The number of aryl methyl sites for hydroxylation is 1. The monoisotopic (exact) mass is 293 g/mol. The first-order chi connectivity index (χ1) is 9.54. The molecule has 1 heterocycles. The number of benzene rings is 1. The number of hydrogen-bond acceptors (Lipinski definition) is 3. The van der Waals surface area contributed by atoms with E-state index in [2.05, 4.69) is 17.3 Å². The highest BCUT2D eigenvalue weighted by Gasteiger charge is 2.24. The van der Waals surface area contributed by atoms with Crippen LogP contribution in [0.15, 0.2) is 36.5 Å². The van der Waals surface area contributed by atoms with Gasteiger partial charge >= 0.3 is 0 Å². The average Bonchev–Trinajstić information content (AvgIpc) is 2.86. The van der Waals surface area contributed by atoms with E-state index in [4.69, 9.17) is 11.6 Å². The van der Waals surface area contributed by atoms with Gasteiger partial charge in [0.1, 0.15) is 5.60 Å². The second-order valence-corrected chi connectivity index (χ2v) is 5.40. The Morgan fingerprint density at radius 2 is 2.10 bits per heavy atom. The Kier molecular flexibility index (Phi) is 4.81. The van der Waals surface area contributed by atoms with Gasteiger partial charge in [-0.3, -0.25) is 4.68 Å². The fraction of sp³-hybridized carbons (Fsp3) is 0.400. The molecule has 20 heavy (non-hydrogen) atoms. The van der Waals surface area contributed by atoms with Crippen LogP contribution >= 0.6 is 11.6 Å². The first-order valence-electron chi connectivity index (χ1n) is 6.73. The van der Waals surface area contributed by atoms with Gasteiger partial charge in [-0.1, -0.05) is 29.8 Å². The van der Waals surface area contributed by atoms with E-state index in [-0.39, 0.29) is 0 Å². The maximum atomic E-state index is 10.6. The summed E-state index contributed by atoms with van der Waals surface area (Å²) in [6.45, 7) is 5.74. The third-order valence-electron chi connectivity index (χ3n) is 3.33. The molecule has 1 atom stereocenters. The third-order valence-corrected chi connectivity index (χ3v) is 3.66. The first-order valence-corrected chi connectivity index (χ1v) is 7.11. The zero-order valence-electron chi connectivity index (χ0n) is 11.8. The molecular weight excluding hydrogens is 274 g/mol. The molecule has 108 valence electrons. The molecule has 2 N–H and O–H groups in total. The lowest BCUT2D eigenvalue weighted by Gasteiger charge is -2.25. The highest BCUT2D eigenvalue weighted by Crippen LogP contribution is 2.27. The van der Waals surface area contributed by atoms with Crippen molar-refractivity contribution in [1.82, 2.24) is 15.1 Å². The van der Waals surface area contributed by atoms with Crippen molar-refractivity contribution in [3.63, 3.8) is 0 Å². The topological polar surface area (TPSA) is 50.1 Å². The Bertz CT molecular complexity index is 566. The number of halogens is 1. The summed E-state index contributed by atoms with van der Waals surface area (Å²) in [5.74, 6) is 0. The van der Waals surface area contributed by atoms with Gasteiger partial charge in [0.15, 0.2) is 0 Å². The highest BCUT2D eigenvalue weighted by atomic mass is 35.5. The van der Waals surface area contributed by atoms with Crippen molar-refractivity contribution in [3.05, 3.63) is 52.8 Å². The lowest BCUT2D eigenvalue weighted by Crippen LogP contribution is -2.35. The van der Waals surface area contributed by atoms with Crippen LogP contribution in [-0.4, -0.2) is 21.4 Å². The summed E-state index contributed by atoms with van der Waals surface area (Å²) in [5.41, 5.74) is 0.829. The molecule has 0 aliphatic heterocycles. The number of nitrogens with one attached hydrogen (secondary N) is 1. The Morgan fingerprint density at radius 1 is 1.35 bits per heavy atom. The molecule has 0 aliphatic rings. The van der Waals surface area contributed by atoms with Crippen LogP contribution in [0.1, 0.15) is 25.1 Å². The van der Waals surface area contributed by atoms with Crippen molar-refractivity contribution in [2.75, 3.05) is 6.54 Å². The van der Waals surface area contributed by atoms with Crippen molar-refractivity contribution in [1.29, 1.82) is 0 Å². The lowest BCUT2D eigenvalue weighted by atomic mass is 9.96. The summed E-state index contributed by atoms with van der Waals surface area (Å²) in [7, 11) is 0. The van der Waals surface area contributed by atoms with Gasteiger partial charge in [0.25, 0.3) is 0 Å². The molecule has 0 radical (unpaired) electrons. The van der Waals surface area contributed by atoms with Gasteiger partial charge in [0, 0.05) is 36.4 Å². The Morgan fingerprint density at radius 3 is 2.80 bits per heavy atom. The van der Waals surface area contributed by atoms with E-state index in [1.165, 1.54) is 0 Å². The normalized spacial score (nSPS) is 14.2. The van der Waals surface area contributed by atoms with E-state index in [0.29, 0.717) is 18.1 Å². The number of rotatable bonds is 6. The van der Waals surface area contributed by atoms with Crippen molar-refractivity contribution < 1.29 is 5.11 Å². The quantitative estimate of drug-likeness (QED) is 0.860. The van der Waals surface area contributed by atoms with Crippen LogP contribution in [0.2, 0.25) is 5.02 Å². The van der Waals surface area contributed by atoms with Crippen LogP contribution in [0.5, 0.6) is 0 Å². The van der Waals surface area contributed by atoms with Crippen LogP contribution in [-0.2, 0) is 18.7 Å². The fourth-order valence-electron chi connectivity index (χ4n) is 2.22. The first kappa shape index (κ1) is 15.0. The Labute approximate surface area is 124 Å². The molecule has 5 heteroatoms. The lowest BCUT2D eigenvalue weighted by molar-refractivity contribution is 0.0566. The maximum Gasteiger partial charge on any atom is 0.101 e. The second kappa shape index (κ2) is 6.39. The van der Waals surface area contributed by atoms with Crippen LogP contribution in [0.3, 0.4) is 0 Å². The molecule has 0 bridgehead atoms. The minimum Gasteiger partial charge on any atom is -0.384 e. The van der Waals surface area contributed by atoms with Crippen molar-refractivity contribution >= 4 is 11.6 Å². The number of aromatic nitrogens is 2. The summed E-state index contributed by atoms with van der Waals surface area (Å²) in [6, 6.07) is 9.34. The van der Waals surface area contributed by atoms with Gasteiger partial charge < -0.3 is 10.4 Å². The van der Waals surface area contributed by atoms with E-state index in [0.717, 1.165) is 17.8 Å². The average molecular weight is 294 g/mol. The molecule has 0 saturated carbocycles. The zero-order valence-corrected chi connectivity index (χ0v) is 12.6. The smallest absolute Gasteiger partial charge is 0.101 e. The molecule has 0 unspecified atom stereocenters. The summed E-state index contributed by atoms with van der Waals surface area (Å²) in [6.07, 6.45) is 1.78. The molecule has 0 saturated heterocycles. The summed E-state index contributed by atoms with van der Waals surface area (Å²) in [4.78, 5) is 0. The van der Waals surface area contributed by atoms with E-state index in [1.54, 1.807) is 19.2 Å². The van der Waals surface area contributed by atoms with Gasteiger partial charge in [0.2, 0.25) is 0 Å². The molecule has 1 aromatic carbocycles. The SMILES string of the molecule is CCn1nccc1CNC[C@@](C)(O)c1ccccc1Cl. The molecule has 2 rings (SSSR count). The fourth-order valence-corrected chi connectivity index (χ4v) is 2.56. The predicted molar refractivity (Wildman–Crippen MR) is 80.6 cm³/mol. The summed E-state index contributed by atoms with van der Waals surface area (Å²) in [5, 5.41) is 18.6. The maximum absolute atomic E-state index is 10.6. The van der Waals surface area contributed by atoms with E-state index >= 15 is 0 Å². The van der Waals surface area contributed by atoms with Crippen LogP contribution < -0.4 is 5.32 Å². The van der Waals surface area contributed by atoms with Crippen LogP contribution in [0.25, 0.3) is 0 Å². The van der Waals surface area contributed by atoms with E-state index < -0.39 is 5.60 Å². The number of aliphatic hydroxyl groups is 1. The molecule has 0 spiro atoms. The van der Waals surface area contributed by atoms with Crippen LogP contribution in [0, 0.1) is 0 Å². The van der Waals surface area contributed by atoms with Gasteiger partial charge in [-0.15, -0.1) is 0 Å². The molecule has 0 aliphatic carbocycles. The van der Waals surface area contributed by atoms with Crippen molar-refractivity contribution in [3.8, 4) is 0 Å². The van der Waals surface area contributed by atoms with Crippen molar-refractivity contribution in [2.45, 2.75) is 32.5 Å². The van der Waals surface area contributed by atoms with Gasteiger partial charge in [0.05, 0.1) is 5.69 Å². The van der Waals surface area contributed by atoms with Gasteiger partial charge in [-0.25, -0.2) is 0 Å². The van der Waals surface area contributed by atoms with E-state index in [9.17, 15) is 5.11 Å². The number of hydrogen-bond donors (Lipinski definition) is 2. The largest absolute Gasteiger partial charge is 0.384 e. The molecular formula is C15H20ClN3O. The van der Waals surface area contributed by atoms with Crippen molar-refractivity contribution in [2.24, 2.45) is 0 Å². The van der Waals surface area contributed by atoms with Gasteiger partial charge in [-0.05, 0) is 26.0 Å². The molecule has 0 fully saturated rings. The highest BCUT2D eigenvalue weighted by molar-refractivity contribution is 6.31. The molecule has 2 aromatic rings. The Balaban J connectivity index is 1.98. The summed E-state index contributed by atoms with van der Waals surface area (Å²) < 4.78 is 1.93. The molecule has 4 nitrogen and oxygen atoms in total. The van der Waals surface area contributed by atoms with E-state index in [1.807, 2.05) is 28.9 Å². The minimum atomic E-state index is -1.00. The summed E-state index contributed by atoms with van der Waals surface area (Å²) >= 11 is 6.13. The number of nitrogens with zero attached hydrogens (tertiary/aromatic N) is 2. The third kappa shape index (κ3) is 3.39. The second-order valence-electron chi connectivity index (χ2n) is 5.00. The van der Waals surface area contributed by atoms with Crippen LogP contribution in [0.4, 0.5) is 0 Å².